The highest BCUT2D eigenvalue weighted by molar-refractivity contribution is 5.81. The molecular formula is C19H28N4O2. The first kappa shape index (κ1) is 19.0. The van der Waals surface area contributed by atoms with Gasteiger partial charge in [0.25, 0.3) is 0 Å². The number of imidazole rings is 1. The lowest BCUT2D eigenvalue weighted by molar-refractivity contribution is -0.122. The van der Waals surface area contributed by atoms with E-state index in [9.17, 15) is 9.59 Å². The number of benzene rings is 1. The Bertz CT molecular complexity index is 709. The van der Waals surface area contributed by atoms with E-state index in [0.717, 1.165) is 42.5 Å². The molecule has 1 heterocycles. The second kappa shape index (κ2) is 9.81. The standard InChI is InChI=1S/C19H28N4O2/c1-3-5-12-21-19(25)14-23-16-10-7-6-9-15(16)22-17(23)11-8-13-20-18(24)4-2/h6-7,9-10H,3-5,8,11-14H2,1-2H3,(H,20,24)(H,21,25). The summed E-state index contributed by atoms with van der Waals surface area (Å²) in [5.74, 6) is 0.957. The molecule has 0 aliphatic carbocycles. The number of carbonyl (C=O) groups is 2. The van der Waals surface area contributed by atoms with E-state index in [4.69, 9.17) is 0 Å². The van der Waals surface area contributed by atoms with Crippen molar-refractivity contribution in [3.8, 4) is 0 Å². The highest BCUT2D eigenvalue weighted by Gasteiger charge is 2.13. The van der Waals surface area contributed by atoms with Crippen molar-refractivity contribution in [3.05, 3.63) is 30.1 Å². The van der Waals surface area contributed by atoms with E-state index >= 15 is 0 Å². The number of hydrogen-bond acceptors (Lipinski definition) is 3. The minimum absolute atomic E-state index is 0.0112. The Hall–Kier alpha value is -2.37. The van der Waals surface area contributed by atoms with Crippen molar-refractivity contribution >= 4 is 22.8 Å². The molecule has 6 nitrogen and oxygen atoms in total. The lowest BCUT2D eigenvalue weighted by atomic mass is 10.3. The van der Waals surface area contributed by atoms with Gasteiger partial charge in [-0.1, -0.05) is 32.4 Å². The summed E-state index contributed by atoms with van der Waals surface area (Å²) in [6, 6.07) is 7.86. The van der Waals surface area contributed by atoms with Crippen LogP contribution in [0.15, 0.2) is 24.3 Å². The molecule has 6 heteroatoms. The largest absolute Gasteiger partial charge is 0.356 e. The Balaban J connectivity index is 2.05. The van der Waals surface area contributed by atoms with Crippen LogP contribution in [0.5, 0.6) is 0 Å². The van der Waals surface area contributed by atoms with E-state index < -0.39 is 0 Å². The molecule has 2 rings (SSSR count). The third-order valence-electron chi connectivity index (χ3n) is 4.11. The highest BCUT2D eigenvalue weighted by Crippen LogP contribution is 2.17. The molecule has 0 radical (unpaired) electrons. The van der Waals surface area contributed by atoms with Crippen LogP contribution in [0.4, 0.5) is 0 Å². The SMILES string of the molecule is CCCCNC(=O)Cn1c(CCCNC(=O)CC)nc2ccccc21. The molecular weight excluding hydrogens is 316 g/mol. The monoisotopic (exact) mass is 344 g/mol. The first-order chi connectivity index (χ1) is 12.2. The lowest BCUT2D eigenvalue weighted by Crippen LogP contribution is -2.29. The maximum atomic E-state index is 12.2. The second-order valence-electron chi connectivity index (χ2n) is 6.11. The molecule has 0 unspecified atom stereocenters. The Morgan fingerprint density at radius 3 is 2.52 bits per heavy atom. The van der Waals surface area contributed by atoms with Crippen LogP contribution in [0.2, 0.25) is 0 Å². The highest BCUT2D eigenvalue weighted by atomic mass is 16.2. The zero-order valence-electron chi connectivity index (χ0n) is 15.2. The first-order valence-electron chi connectivity index (χ1n) is 9.13. The molecule has 0 spiro atoms. The van der Waals surface area contributed by atoms with Gasteiger partial charge in [-0.05, 0) is 25.0 Å². The van der Waals surface area contributed by atoms with Crippen molar-refractivity contribution in [3.63, 3.8) is 0 Å². The number of unbranched alkanes of at least 4 members (excludes halogenated alkanes) is 1. The lowest BCUT2D eigenvalue weighted by Gasteiger charge is -2.10. The molecule has 1 aromatic carbocycles. The van der Waals surface area contributed by atoms with E-state index in [-0.39, 0.29) is 18.4 Å². The molecule has 0 aliphatic rings. The van der Waals surface area contributed by atoms with Crippen LogP contribution in [-0.2, 0) is 22.6 Å². The van der Waals surface area contributed by atoms with Gasteiger partial charge in [0.15, 0.2) is 0 Å². The average Bonchev–Trinajstić information content (AvgIpc) is 2.96. The number of para-hydroxylation sites is 2. The van der Waals surface area contributed by atoms with Gasteiger partial charge in [0.1, 0.15) is 12.4 Å². The quantitative estimate of drug-likeness (QED) is 0.650. The minimum atomic E-state index is 0.0112. The molecule has 0 aliphatic heterocycles. The maximum absolute atomic E-state index is 12.2. The number of hydrogen-bond donors (Lipinski definition) is 2. The maximum Gasteiger partial charge on any atom is 0.240 e. The number of nitrogens with one attached hydrogen (secondary N) is 2. The Labute approximate surface area is 149 Å². The number of amides is 2. The van der Waals surface area contributed by atoms with E-state index in [1.54, 1.807) is 0 Å². The zero-order valence-corrected chi connectivity index (χ0v) is 15.2. The Kier molecular flexibility index (Phi) is 7.44. The van der Waals surface area contributed by atoms with Crippen LogP contribution in [0.3, 0.4) is 0 Å². The molecule has 2 N–H and O–H groups in total. The minimum Gasteiger partial charge on any atom is -0.356 e. The van der Waals surface area contributed by atoms with Gasteiger partial charge < -0.3 is 15.2 Å². The second-order valence-corrected chi connectivity index (χ2v) is 6.11. The van der Waals surface area contributed by atoms with Crippen molar-refractivity contribution in [2.24, 2.45) is 0 Å². The summed E-state index contributed by atoms with van der Waals surface area (Å²) >= 11 is 0. The smallest absolute Gasteiger partial charge is 0.240 e. The summed E-state index contributed by atoms with van der Waals surface area (Å²) in [5.41, 5.74) is 1.87. The number of rotatable bonds is 10. The third-order valence-corrected chi connectivity index (χ3v) is 4.11. The molecule has 0 saturated carbocycles. The van der Waals surface area contributed by atoms with Crippen molar-refractivity contribution in [1.29, 1.82) is 0 Å². The van der Waals surface area contributed by atoms with E-state index in [1.807, 2.05) is 35.8 Å². The van der Waals surface area contributed by atoms with Crippen LogP contribution in [0.1, 0.15) is 45.4 Å². The van der Waals surface area contributed by atoms with Gasteiger partial charge in [0, 0.05) is 25.9 Å². The molecule has 0 atom stereocenters. The Morgan fingerprint density at radius 2 is 1.76 bits per heavy atom. The van der Waals surface area contributed by atoms with Gasteiger partial charge in [0.2, 0.25) is 11.8 Å². The Morgan fingerprint density at radius 1 is 1.04 bits per heavy atom. The number of aromatic nitrogens is 2. The van der Waals surface area contributed by atoms with E-state index in [2.05, 4.69) is 22.5 Å². The molecule has 136 valence electrons. The number of aryl methyl sites for hydroxylation is 1. The summed E-state index contributed by atoms with van der Waals surface area (Å²) in [5, 5.41) is 5.83. The van der Waals surface area contributed by atoms with Crippen molar-refractivity contribution < 1.29 is 9.59 Å². The summed E-state index contributed by atoms with van der Waals surface area (Å²) in [7, 11) is 0. The van der Waals surface area contributed by atoms with Crippen LogP contribution >= 0.6 is 0 Å². The summed E-state index contributed by atoms with van der Waals surface area (Å²) in [6.07, 6.45) is 4.06. The van der Waals surface area contributed by atoms with Crippen LogP contribution in [-0.4, -0.2) is 34.5 Å². The fourth-order valence-corrected chi connectivity index (χ4v) is 2.70. The van der Waals surface area contributed by atoms with Crippen molar-refractivity contribution in [2.45, 2.75) is 52.5 Å². The van der Waals surface area contributed by atoms with Gasteiger partial charge in [-0.3, -0.25) is 9.59 Å². The predicted molar refractivity (Wildman–Crippen MR) is 99.3 cm³/mol. The normalized spacial score (nSPS) is 10.8. The van der Waals surface area contributed by atoms with Gasteiger partial charge in [-0.15, -0.1) is 0 Å². The van der Waals surface area contributed by atoms with Crippen LogP contribution in [0.25, 0.3) is 11.0 Å². The topological polar surface area (TPSA) is 76.0 Å². The molecule has 0 saturated heterocycles. The van der Waals surface area contributed by atoms with Gasteiger partial charge in [-0.2, -0.15) is 0 Å². The van der Waals surface area contributed by atoms with Crippen molar-refractivity contribution in [2.75, 3.05) is 13.1 Å². The molecule has 2 amide bonds. The fourth-order valence-electron chi connectivity index (χ4n) is 2.70. The molecule has 2 aromatic rings. The summed E-state index contributed by atoms with van der Waals surface area (Å²) in [6.45, 7) is 5.55. The van der Waals surface area contributed by atoms with Gasteiger partial charge >= 0.3 is 0 Å². The van der Waals surface area contributed by atoms with Crippen LogP contribution in [0, 0.1) is 0 Å². The molecule has 1 aromatic heterocycles. The number of nitrogens with zero attached hydrogens (tertiary/aromatic N) is 2. The summed E-state index contributed by atoms with van der Waals surface area (Å²) in [4.78, 5) is 28.2. The summed E-state index contributed by atoms with van der Waals surface area (Å²) < 4.78 is 1.98. The third kappa shape index (κ3) is 5.59. The molecule has 0 fully saturated rings. The van der Waals surface area contributed by atoms with E-state index in [1.165, 1.54) is 0 Å². The number of fused-ring (bicyclic) bond motifs is 1. The fraction of sp³-hybridized carbons (Fsp3) is 0.526. The molecule has 25 heavy (non-hydrogen) atoms. The van der Waals surface area contributed by atoms with Crippen molar-refractivity contribution in [1.82, 2.24) is 20.2 Å². The zero-order chi connectivity index (χ0) is 18.1. The van der Waals surface area contributed by atoms with Crippen LogP contribution < -0.4 is 10.6 Å². The number of carbonyl (C=O) groups excluding carboxylic acids is 2. The van der Waals surface area contributed by atoms with Gasteiger partial charge in [0.05, 0.1) is 11.0 Å². The first-order valence-corrected chi connectivity index (χ1v) is 9.13. The average molecular weight is 344 g/mol. The molecule has 0 bridgehead atoms. The van der Waals surface area contributed by atoms with E-state index in [0.29, 0.717) is 19.5 Å². The predicted octanol–water partition coefficient (Wildman–Crippen LogP) is 2.41. The van der Waals surface area contributed by atoms with Gasteiger partial charge in [-0.25, -0.2) is 4.98 Å².